The smallest absolute Gasteiger partial charge is 0.311 e. The van der Waals surface area contributed by atoms with E-state index in [1.54, 1.807) is 12.0 Å². The van der Waals surface area contributed by atoms with E-state index in [9.17, 15) is 4.79 Å². The van der Waals surface area contributed by atoms with Gasteiger partial charge in [-0.15, -0.1) is 10.2 Å². The van der Waals surface area contributed by atoms with Crippen LogP contribution >= 0.6 is 0 Å². The van der Waals surface area contributed by atoms with Crippen LogP contribution in [-0.2, 0) is 11.3 Å². The van der Waals surface area contributed by atoms with Gasteiger partial charge < -0.3 is 23.5 Å². The quantitative estimate of drug-likeness (QED) is 0.542. The van der Waals surface area contributed by atoms with Gasteiger partial charge in [-0.25, -0.2) is 0 Å². The Labute approximate surface area is 191 Å². The van der Waals surface area contributed by atoms with Crippen molar-refractivity contribution in [2.45, 2.75) is 12.6 Å². The molecule has 3 aromatic rings. The summed E-state index contributed by atoms with van der Waals surface area (Å²) in [6.07, 6.45) is -0.0970. The molecule has 2 aliphatic rings. The third-order valence-electron chi connectivity index (χ3n) is 5.82. The Balaban J connectivity index is 1.15. The van der Waals surface area contributed by atoms with Gasteiger partial charge in [-0.05, 0) is 18.2 Å². The molecule has 33 heavy (non-hydrogen) atoms. The number of likely N-dealkylation sites (tertiary alicyclic amines) is 1. The monoisotopic (exact) mass is 450 g/mol. The van der Waals surface area contributed by atoms with Gasteiger partial charge in [0.05, 0.1) is 33.4 Å². The molecule has 0 saturated carbocycles. The summed E-state index contributed by atoms with van der Waals surface area (Å²) in [6.45, 7) is 5.09. The molecule has 0 spiro atoms. The molecule has 2 aromatic carbocycles. The van der Waals surface area contributed by atoms with Gasteiger partial charge in [-0.1, -0.05) is 24.3 Å². The maximum absolute atomic E-state index is 12.6. The van der Waals surface area contributed by atoms with Crippen molar-refractivity contribution in [2.24, 2.45) is 0 Å². The molecule has 2 aliphatic heterocycles. The van der Waals surface area contributed by atoms with Gasteiger partial charge in [0.25, 0.3) is 0 Å². The van der Waals surface area contributed by atoms with Crippen molar-refractivity contribution in [1.29, 1.82) is 0 Å². The van der Waals surface area contributed by atoms with E-state index in [4.69, 9.17) is 18.6 Å². The van der Waals surface area contributed by atoms with E-state index >= 15 is 0 Å². The van der Waals surface area contributed by atoms with E-state index in [0.717, 1.165) is 55.5 Å². The molecule has 172 valence electrons. The summed E-state index contributed by atoms with van der Waals surface area (Å²) in [6, 6.07) is 15.3. The first-order valence-electron chi connectivity index (χ1n) is 11.0. The first kappa shape index (κ1) is 21.4. The Morgan fingerprint density at radius 2 is 1.88 bits per heavy atom. The number of aromatic nitrogens is 2. The lowest BCUT2D eigenvalue weighted by molar-refractivity contribution is 0.0149. The second-order valence-corrected chi connectivity index (χ2v) is 8.09. The molecule has 9 nitrogen and oxygen atoms in total. The van der Waals surface area contributed by atoms with Crippen LogP contribution in [0.15, 0.2) is 52.9 Å². The lowest BCUT2D eigenvalue weighted by atomic mass is 10.1. The summed E-state index contributed by atoms with van der Waals surface area (Å²) < 4.78 is 22.6. The predicted molar refractivity (Wildman–Crippen MR) is 119 cm³/mol. The summed E-state index contributed by atoms with van der Waals surface area (Å²) in [7, 11) is 1.67. The Hall–Kier alpha value is -3.43. The molecule has 0 unspecified atom stereocenters. The average molecular weight is 450 g/mol. The fraction of sp³-hybridized carbons (Fsp3) is 0.375. The van der Waals surface area contributed by atoms with E-state index < -0.39 is 0 Å². The minimum Gasteiger partial charge on any atom is -0.496 e. The number of carbonyl (C=O) groups excluding carboxylic acids is 1. The topological polar surface area (TPSA) is 90.2 Å². The Morgan fingerprint density at radius 3 is 2.64 bits per heavy atom. The number of methoxy groups -OCH3 is 1. The number of nitrogens with zero attached hydrogens (tertiary/aromatic N) is 4. The lowest BCUT2D eigenvalue weighted by Gasteiger charge is -2.38. The highest BCUT2D eigenvalue weighted by Gasteiger charge is 2.35. The van der Waals surface area contributed by atoms with Crippen LogP contribution in [0.2, 0.25) is 0 Å². The molecule has 0 radical (unpaired) electrons. The molecule has 2 saturated heterocycles. The maximum atomic E-state index is 12.6. The molecule has 0 N–H and O–H groups in total. The standard InChI is InChI=1S/C24H26N4O5/c1-30-21-13-19(8-7-18(21)14-27-9-11-31-12-10-27)32-20-15-28(16-20)24(29)23-26-25-22(33-23)17-5-3-2-4-6-17/h2-8,13,20H,9-12,14-16H2,1H3. The summed E-state index contributed by atoms with van der Waals surface area (Å²) in [5, 5.41) is 7.89. The van der Waals surface area contributed by atoms with Gasteiger partial charge in [-0.3, -0.25) is 9.69 Å². The Morgan fingerprint density at radius 1 is 1.09 bits per heavy atom. The molecule has 5 rings (SSSR count). The zero-order chi connectivity index (χ0) is 22.6. The largest absolute Gasteiger partial charge is 0.496 e. The number of benzene rings is 2. The third kappa shape index (κ3) is 4.84. The summed E-state index contributed by atoms with van der Waals surface area (Å²) in [4.78, 5) is 16.6. The summed E-state index contributed by atoms with van der Waals surface area (Å²) >= 11 is 0. The number of hydrogen-bond donors (Lipinski definition) is 0. The molecular formula is C24H26N4O5. The van der Waals surface area contributed by atoms with E-state index in [1.165, 1.54) is 0 Å². The average Bonchev–Trinajstić information content (AvgIpc) is 3.33. The number of morpholine rings is 1. The van der Waals surface area contributed by atoms with Gasteiger partial charge >= 0.3 is 11.8 Å². The van der Waals surface area contributed by atoms with Crippen molar-refractivity contribution in [1.82, 2.24) is 20.0 Å². The van der Waals surface area contributed by atoms with Crippen molar-refractivity contribution < 1.29 is 23.4 Å². The molecule has 0 bridgehead atoms. The normalized spacial score (nSPS) is 16.9. The fourth-order valence-corrected chi connectivity index (χ4v) is 3.94. The SMILES string of the molecule is COc1cc(OC2CN(C(=O)c3nnc(-c4ccccc4)o3)C2)ccc1CN1CCOCC1. The molecule has 2 fully saturated rings. The zero-order valence-electron chi connectivity index (χ0n) is 18.5. The van der Waals surface area contributed by atoms with Crippen molar-refractivity contribution >= 4 is 5.91 Å². The van der Waals surface area contributed by atoms with Crippen molar-refractivity contribution in [2.75, 3.05) is 46.5 Å². The van der Waals surface area contributed by atoms with Crippen molar-refractivity contribution in [3.8, 4) is 23.0 Å². The number of rotatable bonds is 7. The van der Waals surface area contributed by atoms with Gasteiger partial charge in [0.1, 0.15) is 17.6 Å². The number of carbonyl (C=O) groups is 1. The van der Waals surface area contributed by atoms with Crippen molar-refractivity contribution in [3.63, 3.8) is 0 Å². The van der Waals surface area contributed by atoms with E-state index in [0.29, 0.717) is 19.0 Å². The third-order valence-corrected chi connectivity index (χ3v) is 5.82. The highest BCUT2D eigenvalue weighted by atomic mass is 16.5. The van der Waals surface area contributed by atoms with Crippen LogP contribution in [-0.4, -0.2) is 78.5 Å². The molecule has 1 aromatic heterocycles. The number of hydrogen-bond acceptors (Lipinski definition) is 8. The molecule has 0 aliphatic carbocycles. The molecule has 3 heterocycles. The number of amides is 1. The summed E-state index contributed by atoms with van der Waals surface area (Å²) in [5.74, 6) is 1.55. The predicted octanol–water partition coefficient (Wildman–Crippen LogP) is 2.48. The van der Waals surface area contributed by atoms with Crippen LogP contribution in [0.25, 0.3) is 11.5 Å². The highest BCUT2D eigenvalue weighted by molar-refractivity contribution is 5.90. The molecule has 1 amide bonds. The Bertz CT molecular complexity index is 1090. The van der Waals surface area contributed by atoms with E-state index in [-0.39, 0.29) is 17.9 Å². The van der Waals surface area contributed by atoms with Crippen LogP contribution in [0.1, 0.15) is 16.2 Å². The summed E-state index contributed by atoms with van der Waals surface area (Å²) in [5.41, 5.74) is 1.89. The fourth-order valence-electron chi connectivity index (χ4n) is 3.94. The minimum atomic E-state index is -0.289. The van der Waals surface area contributed by atoms with Crippen LogP contribution in [0.3, 0.4) is 0 Å². The first-order valence-corrected chi connectivity index (χ1v) is 11.0. The Kier molecular flexibility index (Phi) is 6.23. The minimum absolute atomic E-state index is 0.0126. The van der Waals surface area contributed by atoms with Crippen molar-refractivity contribution in [3.05, 3.63) is 60.0 Å². The molecule has 9 heteroatoms. The van der Waals surface area contributed by atoms with E-state index in [1.807, 2.05) is 48.5 Å². The van der Waals surface area contributed by atoms with Crippen LogP contribution in [0, 0.1) is 0 Å². The highest BCUT2D eigenvalue weighted by Crippen LogP contribution is 2.28. The second kappa shape index (κ2) is 9.60. The van der Waals surface area contributed by atoms with Gasteiger partial charge in [-0.2, -0.15) is 0 Å². The maximum Gasteiger partial charge on any atom is 0.311 e. The zero-order valence-corrected chi connectivity index (χ0v) is 18.5. The van der Waals surface area contributed by atoms with Gasteiger partial charge in [0.2, 0.25) is 5.89 Å². The van der Waals surface area contributed by atoms with Crippen LogP contribution in [0.4, 0.5) is 0 Å². The first-order chi connectivity index (χ1) is 16.2. The lowest BCUT2D eigenvalue weighted by Crippen LogP contribution is -2.56. The molecular weight excluding hydrogens is 424 g/mol. The van der Waals surface area contributed by atoms with Gasteiger partial charge in [0.15, 0.2) is 0 Å². The van der Waals surface area contributed by atoms with Crippen LogP contribution < -0.4 is 9.47 Å². The van der Waals surface area contributed by atoms with Crippen LogP contribution in [0.5, 0.6) is 11.5 Å². The number of ether oxygens (including phenoxy) is 3. The van der Waals surface area contributed by atoms with Gasteiger partial charge in [0, 0.05) is 36.8 Å². The second-order valence-electron chi connectivity index (χ2n) is 8.09. The van der Waals surface area contributed by atoms with E-state index in [2.05, 4.69) is 15.1 Å². The molecule has 0 atom stereocenters.